The topological polar surface area (TPSA) is 184 Å². The molecule has 0 bridgehead atoms. The van der Waals surface area contributed by atoms with Crippen LogP contribution in [0, 0.1) is 17.7 Å². The molecule has 4 heterocycles. The summed E-state index contributed by atoms with van der Waals surface area (Å²) in [5, 5.41) is 5.30. The molecular weight excluding hydrogens is 735 g/mol. The molecule has 4 aromatic rings. The molecule has 1 fully saturated rings. The van der Waals surface area contributed by atoms with Crippen LogP contribution in [0.4, 0.5) is 14.0 Å². The number of H-pyrrole nitrogens is 2. The van der Waals surface area contributed by atoms with Gasteiger partial charge in [0, 0.05) is 35.3 Å². The van der Waals surface area contributed by atoms with Crippen LogP contribution in [0.25, 0.3) is 33.6 Å². The largest absolute Gasteiger partial charge is 0.488 e. The molecule has 1 saturated heterocycles. The number of ether oxygens (including phenoxy) is 3. The summed E-state index contributed by atoms with van der Waals surface area (Å²) < 4.78 is 31.9. The molecule has 2 aliphatic heterocycles. The van der Waals surface area contributed by atoms with Crippen LogP contribution >= 0.6 is 0 Å². The average Bonchev–Trinajstić information content (AvgIpc) is 3.99. The van der Waals surface area contributed by atoms with Gasteiger partial charge in [-0.15, -0.1) is 0 Å². The zero-order valence-corrected chi connectivity index (χ0v) is 33.4. The van der Waals surface area contributed by atoms with E-state index in [0.29, 0.717) is 59.3 Å². The Labute approximate surface area is 331 Å². The molecule has 2 aliphatic rings. The molecular formula is C41H51FN8O7. The number of imidazole rings is 2. The Bertz CT molecular complexity index is 2110. The van der Waals surface area contributed by atoms with Crippen LogP contribution in [0.3, 0.4) is 0 Å². The lowest BCUT2D eigenvalue weighted by molar-refractivity contribution is -0.136. The van der Waals surface area contributed by atoms with Crippen molar-refractivity contribution in [2.45, 2.75) is 85.2 Å². The Kier molecular flexibility index (Phi) is 12.5. The summed E-state index contributed by atoms with van der Waals surface area (Å²) in [6.45, 7) is 10.5. The van der Waals surface area contributed by atoms with Gasteiger partial charge in [-0.2, -0.15) is 0 Å². The number of methoxy groups -OCH3 is 2. The van der Waals surface area contributed by atoms with Crippen molar-refractivity contribution < 1.29 is 37.8 Å². The van der Waals surface area contributed by atoms with Crippen LogP contribution in [-0.4, -0.2) is 93.1 Å². The van der Waals surface area contributed by atoms with Crippen molar-refractivity contribution in [3.8, 4) is 39.4 Å². The molecule has 4 N–H and O–H groups in total. The normalized spacial score (nSPS) is 15.7. The molecule has 0 radical (unpaired) electrons. The van der Waals surface area contributed by atoms with Crippen LogP contribution in [0.15, 0.2) is 42.7 Å². The number of nitrogens with one attached hydrogen (secondary N) is 4. The zero-order chi connectivity index (χ0) is 41.0. The maximum absolute atomic E-state index is 16.2. The van der Waals surface area contributed by atoms with Gasteiger partial charge in [0.25, 0.3) is 0 Å². The fourth-order valence-corrected chi connectivity index (χ4v) is 7.44. The number of aromatic nitrogens is 4. The summed E-state index contributed by atoms with van der Waals surface area (Å²) in [4.78, 5) is 70.1. The van der Waals surface area contributed by atoms with Gasteiger partial charge >= 0.3 is 12.2 Å². The second kappa shape index (κ2) is 17.5. The molecule has 4 amide bonds. The first-order valence-electron chi connectivity index (χ1n) is 19.3. The number of amides is 4. The van der Waals surface area contributed by atoms with Crippen molar-refractivity contribution in [1.29, 1.82) is 0 Å². The second-order valence-electron chi connectivity index (χ2n) is 15.0. The average molecular weight is 787 g/mol. The number of fused-ring (bicyclic) bond motifs is 3. The Morgan fingerprint density at radius 3 is 2.28 bits per heavy atom. The fraction of sp³-hybridized carbons (Fsp3) is 0.463. The summed E-state index contributed by atoms with van der Waals surface area (Å²) >= 11 is 0. The Morgan fingerprint density at radius 1 is 0.930 bits per heavy atom. The molecule has 0 spiro atoms. The first-order valence-corrected chi connectivity index (χ1v) is 19.3. The highest BCUT2D eigenvalue weighted by atomic mass is 19.1. The van der Waals surface area contributed by atoms with Gasteiger partial charge in [-0.05, 0) is 54.9 Å². The van der Waals surface area contributed by atoms with Crippen molar-refractivity contribution in [2.24, 2.45) is 11.8 Å². The van der Waals surface area contributed by atoms with Crippen molar-refractivity contribution >= 4 is 24.0 Å². The van der Waals surface area contributed by atoms with E-state index in [1.54, 1.807) is 28.3 Å². The standard InChI is InChI=1S/C41H51FN8O7/c1-8-15-49(38(51)35(22(2)3)47-40(53)55-6)20-33-43-19-30(45-33)27-14-13-25-26-12-11-24(17-32(26)57-21-28(25)34(27)42)29-18-44-37(46-29)31-10-9-16-50(31)39(52)36(23(4)5)48-41(54)56-7/h11-14,17-19,22-23,31,35-36H,8-10,15-16,20-21H2,1-7H3,(H,43,45)(H,44,46)(H,47,53)(H,48,54). The maximum Gasteiger partial charge on any atom is 0.407 e. The number of carbonyl (C=O) groups is 4. The quantitative estimate of drug-likeness (QED) is 0.120. The van der Waals surface area contributed by atoms with Gasteiger partial charge in [0.2, 0.25) is 11.8 Å². The van der Waals surface area contributed by atoms with Crippen LogP contribution < -0.4 is 15.4 Å². The summed E-state index contributed by atoms with van der Waals surface area (Å²) in [6, 6.07) is 7.49. The minimum atomic E-state index is -0.783. The first-order chi connectivity index (χ1) is 27.3. The number of nitrogens with zero attached hydrogens (tertiary/aromatic N) is 4. The van der Waals surface area contributed by atoms with Crippen molar-refractivity contribution in [3.05, 3.63) is 65.8 Å². The van der Waals surface area contributed by atoms with Gasteiger partial charge in [0.05, 0.1) is 50.6 Å². The summed E-state index contributed by atoms with van der Waals surface area (Å²) in [7, 11) is 2.52. The number of aromatic amines is 2. The second-order valence-corrected chi connectivity index (χ2v) is 15.0. The van der Waals surface area contributed by atoms with E-state index in [0.717, 1.165) is 29.7 Å². The third-order valence-corrected chi connectivity index (χ3v) is 10.5. The number of rotatable bonds is 13. The number of hydrogen-bond donors (Lipinski definition) is 4. The van der Waals surface area contributed by atoms with Crippen molar-refractivity contribution in [1.82, 2.24) is 40.4 Å². The van der Waals surface area contributed by atoms with Crippen LogP contribution in [0.1, 0.15) is 77.1 Å². The van der Waals surface area contributed by atoms with E-state index in [4.69, 9.17) is 14.2 Å². The SMILES string of the molecule is CCCN(Cc1ncc(-c2ccc3c(c2F)COc2cc(-c4cnc(C5CCCN5C(=O)C(NC(=O)OC)C(C)C)[nH]4)ccc2-3)[nH]1)C(=O)C(NC(=O)OC)C(C)C. The predicted molar refractivity (Wildman–Crippen MR) is 209 cm³/mol. The molecule has 16 heteroatoms. The van der Waals surface area contributed by atoms with Crippen molar-refractivity contribution in [2.75, 3.05) is 27.3 Å². The fourth-order valence-electron chi connectivity index (χ4n) is 7.44. The van der Waals surface area contributed by atoms with Crippen LogP contribution in [0.2, 0.25) is 0 Å². The molecule has 0 aliphatic carbocycles. The monoisotopic (exact) mass is 786 g/mol. The van der Waals surface area contributed by atoms with E-state index in [-0.39, 0.29) is 42.8 Å². The number of halogens is 1. The number of benzene rings is 2. The molecule has 0 saturated carbocycles. The zero-order valence-electron chi connectivity index (χ0n) is 33.4. The molecule has 2 aromatic heterocycles. The Balaban J connectivity index is 1.18. The lowest BCUT2D eigenvalue weighted by Crippen LogP contribution is -2.51. The molecule has 3 unspecified atom stereocenters. The molecule has 57 heavy (non-hydrogen) atoms. The third kappa shape index (κ3) is 8.59. The number of carbonyl (C=O) groups excluding carboxylic acids is 4. The van der Waals surface area contributed by atoms with Gasteiger partial charge in [-0.25, -0.2) is 23.9 Å². The minimum Gasteiger partial charge on any atom is -0.488 e. The van der Waals surface area contributed by atoms with Gasteiger partial charge in [-0.1, -0.05) is 46.8 Å². The maximum atomic E-state index is 16.2. The van der Waals surface area contributed by atoms with E-state index in [9.17, 15) is 19.2 Å². The van der Waals surface area contributed by atoms with E-state index in [1.165, 1.54) is 14.2 Å². The first kappa shape index (κ1) is 40.7. The third-order valence-electron chi connectivity index (χ3n) is 10.5. The van der Waals surface area contributed by atoms with Gasteiger partial charge in [0.15, 0.2) is 0 Å². The molecule has 15 nitrogen and oxygen atoms in total. The van der Waals surface area contributed by atoms with Crippen molar-refractivity contribution in [3.63, 3.8) is 0 Å². The van der Waals surface area contributed by atoms with Gasteiger partial charge < -0.3 is 44.6 Å². The van der Waals surface area contributed by atoms with Crippen LogP contribution in [0.5, 0.6) is 5.75 Å². The van der Waals surface area contributed by atoms with Crippen LogP contribution in [-0.2, 0) is 32.2 Å². The molecule has 2 aromatic carbocycles. The minimum absolute atomic E-state index is 0.0129. The van der Waals surface area contributed by atoms with E-state index < -0.39 is 30.1 Å². The highest BCUT2D eigenvalue weighted by Crippen LogP contribution is 2.43. The van der Waals surface area contributed by atoms with Gasteiger partial charge in [0.1, 0.15) is 41.9 Å². The summed E-state index contributed by atoms with van der Waals surface area (Å²) in [6.07, 6.45) is 4.16. The van der Waals surface area contributed by atoms with E-state index in [2.05, 4.69) is 30.6 Å². The lowest BCUT2D eigenvalue weighted by Gasteiger charge is -2.30. The molecule has 304 valence electrons. The molecule has 3 atom stereocenters. The highest BCUT2D eigenvalue weighted by Gasteiger charge is 2.38. The smallest absolute Gasteiger partial charge is 0.407 e. The van der Waals surface area contributed by atoms with E-state index in [1.807, 2.05) is 58.9 Å². The number of hydrogen-bond acceptors (Lipinski definition) is 9. The van der Waals surface area contributed by atoms with E-state index >= 15 is 4.39 Å². The lowest BCUT2D eigenvalue weighted by atomic mass is 9.93. The Hall–Kier alpha value is -5.93. The predicted octanol–water partition coefficient (Wildman–Crippen LogP) is 6.33. The Morgan fingerprint density at radius 2 is 1.60 bits per heavy atom. The summed E-state index contributed by atoms with van der Waals surface area (Å²) in [5.41, 5.74) is 4.21. The molecule has 6 rings (SSSR count). The highest BCUT2D eigenvalue weighted by molar-refractivity contribution is 5.87. The number of likely N-dealkylation sites (tertiary alicyclic amines) is 1. The number of alkyl carbamates (subject to hydrolysis) is 2. The summed E-state index contributed by atoms with van der Waals surface area (Å²) in [5.74, 6) is 0.520. The van der Waals surface area contributed by atoms with Gasteiger partial charge in [-0.3, -0.25) is 9.59 Å².